The first kappa shape index (κ1) is 15.6. The second-order valence-electron chi connectivity index (χ2n) is 4.41. The summed E-state index contributed by atoms with van der Waals surface area (Å²) in [5.41, 5.74) is 0. The molecule has 0 radical (unpaired) electrons. The van der Waals surface area contributed by atoms with Gasteiger partial charge in [-0.15, -0.1) is 0 Å². The third-order valence-electron chi connectivity index (χ3n) is 2.83. The van der Waals surface area contributed by atoms with Gasteiger partial charge in [0.15, 0.2) is 0 Å². The first-order chi connectivity index (χ1) is 8.99. The molecule has 1 rings (SSSR count). The number of aliphatic carboxylic acids is 2. The van der Waals surface area contributed by atoms with Crippen LogP contribution < -0.4 is 10.6 Å². The average molecular weight is 290 g/mol. The molecule has 108 valence electrons. The van der Waals surface area contributed by atoms with Crippen molar-refractivity contribution in [2.24, 2.45) is 5.92 Å². The molecular weight excluding hydrogens is 272 g/mol. The maximum atomic E-state index is 11.5. The predicted octanol–water partition coefficient (Wildman–Crippen LogP) is 0.357. The lowest BCUT2D eigenvalue weighted by Gasteiger charge is -2.15. The van der Waals surface area contributed by atoms with Gasteiger partial charge in [-0.3, -0.25) is 4.79 Å². The zero-order valence-electron chi connectivity index (χ0n) is 10.4. The largest absolute Gasteiger partial charge is 0.481 e. The molecule has 1 fully saturated rings. The Morgan fingerprint density at radius 1 is 1.32 bits per heavy atom. The number of nitrogens with one attached hydrogen (secondary N) is 2. The van der Waals surface area contributed by atoms with Crippen LogP contribution in [0.15, 0.2) is 0 Å². The molecule has 0 aromatic rings. The minimum absolute atomic E-state index is 0.128. The Balaban J connectivity index is 2.29. The Labute approximate surface area is 115 Å². The highest BCUT2D eigenvalue weighted by Crippen LogP contribution is 2.22. The molecule has 0 aromatic heterocycles. The van der Waals surface area contributed by atoms with Gasteiger partial charge in [-0.2, -0.15) is 11.8 Å². The molecule has 0 saturated carbocycles. The van der Waals surface area contributed by atoms with Crippen LogP contribution in [0.4, 0.5) is 4.79 Å². The van der Waals surface area contributed by atoms with Crippen molar-refractivity contribution in [3.8, 4) is 0 Å². The highest BCUT2D eigenvalue weighted by molar-refractivity contribution is 7.99. The van der Waals surface area contributed by atoms with Crippen molar-refractivity contribution in [1.82, 2.24) is 10.6 Å². The summed E-state index contributed by atoms with van der Waals surface area (Å²) >= 11 is 1.83. The lowest BCUT2D eigenvalue weighted by molar-refractivity contribution is -0.140. The van der Waals surface area contributed by atoms with Gasteiger partial charge in [-0.05, 0) is 30.3 Å². The summed E-state index contributed by atoms with van der Waals surface area (Å²) in [6.45, 7) is 0.518. The Morgan fingerprint density at radius 2 is 2.05 bits per heavy atom. The summed E-state index contributed by atoms with van der Waals surface area (Å²) in [5, 5.41) is 22.3. The number of rotatable bonds is 7. The van der Waals surface area contributed by atoms with Crippen LogP contribution in [0.1, 0.15) is 19.3 Å². The number of thioether (sulfide) groups is 1. The minimum atomic E-state index is -1.23. The van der Waals surface area contributed by atoms with Crippen LogP contribution in [-0.4, -0.2) is 52.3 Å². The smallest absolute Gasteiger partial charge is 0.326 e. The van der Waals surface area contributed by atoms with E-state index in [1.54, 1.807) is 0 Å². The minimum Gasteiger partial charge on any atom is -0.481 e. The fourth-order valence-electron chi connectivity index (χ4n) is 1.72. The molecule has 0 spiro atoms. The van der Waals surface area contributed by atoms with Crippen LogP contribution in [0, 0.1) is 5.92 Å². The van der Waals surface area contributed by atoms with E-state index >= 15 is 0 Å². The number of carboxylic acid groups (broad SMARTS) is 2. The van der Waals surface area contributed by atoms with Crippen LogP contribution >= 0.6 is 11.8 Å². The standard InChI is InChI=1S/C11H18N2O5S/c14-9(15)2-1-8(10(16)17)13-11(18)12-5-7-3-4-19-6-7/h7-8H,1-6H2,(H,14,15)(H,16,17)(H2,12,13,18). The van der Waals surface area contributed by atoms with Crippen LogP contribution in [0.3, 0.4) is 0 Å². The molecule has 2 amide bonds. The van der Waals surface area contributed by atoms with Crippen LogP contribution in [-0.2, 0) is 9.59 Å². The quantitative estimate of drug-likeness (QED) is 0.538. The average Bonchev–Trinajstić information content (AvgIpc) is 2.84. The molecule has 2 atom stereocenters. The molecule has 1 saturated heterocycles. The van der Waals surface area contributed by atoms with E-state index in [0.717, 1.165) is 17.9 Å². The van der Waals surface area contributed by atoms with Crippen molar-refractivity contribution in [3.05, 3.63) is 0 Å². The van der Waals surface area contributed by atoms with E-state index in [1.165, 1.54) is 0 Å². The van der Waals surface area contributed by atoms with Gasteiger partial charge in [-0.1, -0.05) is 0 Å². The zero-order chi connectivity index (χ0) is 14.3. The van der Waals surface area contributed by atoms with Crippen LogP contribution in [0.5, 0.6) is 0 Å². The summed E-state index contributed by atoms with van der Waals surface area (Å²) in [6, 6.07) is -1.73. The van der Waals surface area contributed by atoms with Crippen molar-refractivity contribution in [2.75, 3.05) is 18.1 Å². The molecule has 1 heterocycles. The van der Waals surface area contributed by atoms with Crippen molar-refractivity contribution >= 4 is 29.7 Å². The number of urea groups is 1. The van der Waals surface area contributed by atoms with E-state index in [-0.39, 0.29) is 12.8 Å². The normalized spacial score (nSPS) is 19.7. The van der Waals surface area contributed by atoms with Gasteiger partial charge in [0, 0.05) is 13.0 Å². The van der Waals surface area contributed by atoms with Gasteiger partial charge < -0.3 is 20.8 Å². The maximum Gasteiger partial charge on any atom is 0.326 e. The molecule has 19 heavy (non-hydrogen) atoms. The Bertz CT molecular complexity index is 344. The number of carbonyl (C=O) groups excluding carboxylic acids is 1. The lowest BCUT2D eigenvalue weighted by Crippen LogP contribution is -2.47. The molecule has 1 aliphatic rings. The second-order valence-corrected chi connectivity index (χ2v) is 5.56. The van der Waals surface area contributed by atoms with E-state index in [4.69, 9.17) is 10.2 Å². The Hall–Kier alpha value is -1.44. The first-order valence-corrected chi connectivity index (χ1v) is 7.21. The van der Waals surface area contributed by atoms with Gasteiger partial charge in [0.1, 0.15) is 6.04 Å². The maximum absolute atomic E-state index is 11.5. The molecule has 0 bridgehead atoms. The van der Waals surface area contributed by atoms with Gasteiger partial charge >= 0.3 is 18.0 Å². The number of hydrogen-bond acceptors (Lipinski definition) is 4. The number of carboxylic acids is 2. The fourth-order valence-corrected chi connectivity index (χ4v) is 3.00. The molecule has 7 nitrogen and oxygen atoms in total. The first-order valence-electron chi connectivity index (χ1n) is 6.05. The predicted molar refractivity (Wildman–Crippen MR) is 70.3 cm³/mol. The molecule has 2 unspecified atom stereocenters. The van der Waals surface area contributed by atoms with Crippen LogP contribution in [0.2, 0.25) is 0 Å². The SMILES string of the molecule is O=C(O)CCC(NC(=O)NCC1CCSC1)C(=O)O. The summed E-state index contributed by atoms with van der Waals surface area (Å²) in [6.07, 6.45) is 0.625. The van der Waals surface area contributed by atoms with E-state index < -0.39 is 24.0 Å². The summed E-state index contributed by atoms with van der Waals surface area (Å²) < 4.78 is 0. The fraction of sp³-hybridized carbons (Fsp3) is 0.727. The molecule has 8 heteroatoms. The second kappa shape index (κ2) is 7.88. The number of hydrogen-bond donors (Lipinski definition) is 4. The van der Waals surface area contributed by atoms with E-state index in [2.05, 4.69) is 10.6 Å². The van der Waals surface area contributed by atoms with Crippen LogP contribution in [0.25, 0.3) is 0 Å². The van der Waals surface area contributed by atoms with Crippen molar-refractivity contribution in [1.29, 1.82) is 0 Å². The van der Waals surface area contributed by atoms with Gasteiger partial charge in [0.05, 0.1) is 0 Å². The van der Waals surface area contributed by atoms with Crippen molar-refractivity contribution in [3.63, 3.8) is 0 Å². The van der Waals surface area contributed by atoms with E-state index in [0.29, 0.717) is 12.5 Å². The van der Waals surface area contributed by atoms with E-state index in [9.17, 15) is 14.4 Å². The lowest BCUT2D eigenvalue weighted by atomic mass is 10.1. The van der Waals surface area contributed by atoms with Gasteiger partial charge in [-0.25, -0.2) is 9.59 Å². The van der Waals surface area contributed by atoms with Crippen molar-refractivity contribution < 1.29 is 24.6 Å². The third kappa shape index (κ3) is 6.32. The van der Waals surface area contributed by atoms with Gasteiger partial charge in [0.2, 0.25) is 0 Å². The molecule has 4 N–H and O–H groups in total. The molecule has 0 aliphatic carbocycles. The highest BCUT2D eigenvalue weighted by atomic mass is 32.2. The summed E-state index contributed by atoms with van der Waals surface area (Å²) in [4.78, 5) is 32.8. The number of carbonyl (C=O) groups is 3. The molecule has 0 aromatic carbocycles. The molecule has 1 aliphatic heterocycles. The summed E-state index contributed by atoms with van der Waals surface area (Å²) in [5.74, 6) is 0.203. The Kier molecular flexibility index (Phi) is 6.48. The third-order valence-corrected chi connectivity index (χ3v) is 4.06. The Morgan fingerprint density at radius 3 is 2.58 bits per heavy atom. The van der Waals surface area contributed by atoms with Crippen molar-refractivity contribution in [2.45, 2.75) is 25.3 Å². The van der Waals surface area contributed by atoms with E-state index in [1.807, 2.05) is 11.8 Å². The summed E-state index contributed by atoms with van der Waals surface area (Å²) in [7, 11) is 0. The van der Waals surface area contributed by atoms with Gasteiger partial charge in [0.25, 0.3) is 0 Å². The molecular formula is C11H18N2O5S. The highest BCUT2D eigenvalue weighted by Gasteiger charge is 2.22. The zero-order valence-corrected chi connectivity index (χ0v) is 11.2. The topological polar surface area (TPSA) is 116 Å². The monoisotopic (exact) mass is 290 g/mol. The number of amides is 2.